The Kier molecular flexibility index (Phi) is 9.90. The Hall–Kier alpha value is -2.53. The van der Waals surface area contributed by atoms with Gasteiger partial charge in [-0.2, -0.15) is 0 Å². The van der Waals surface area contributed by atoms with Gasteiger partial charge in [-0.1, -0.05) is 109 Å². The third-order valence-corrected chi connectivity index (χ3v) is 7.97. The fourth-order valence-electron chi connectivity index (χ4n) is 4.84. The first kappa shape index (κ1) is 27.5. The molecule has 1 fully saturated rings. The van der Waals surface area contributed by atoms with Crippen molar-refractivity contribution < 1.29 is 9.59 Å². The maximum Gasteiger partial charge on any atom is 0.243 e. The summed E-state index contributed by atoms with van der Waals surface area (Å²) >= 11 is 18.8. The second-order valence-corrected chi connectivity index (χ2v) is 10.8. The molecule has 3 aromatic rings. The van der Waals surface area contributed by atoms with E-state index in [0.717, 1.165) is 42.4 Å². The lowest BCUT2D eigenvalue weighted by atomic mass is 9.94. The van der Waals surface area contributed by atoms with Crippen LogP contribution in [0.25, 0.3) is 0 Å². The topological polar surface area (TPSA) is 49.4 Å². The zero-order valence-electron chi connectivity index (χ0n) is 20.6. The fraction of sp³-hybridized carbons (Fsp3) is 0.333. The minimum absolute atomic E-state index is 0.0863. The number of hydrogen-bond donors (Lipinski definition) is 1. The molecule has 4 rings (SSSR count). The highest BCUT2D eigenvalue weighted by molar-refractivity contribution is 6.42. The predicted molar refractivity (Wildman–Crippen MR) is 151 cm³/mol. The van der Waals surface area contributed by atoms with Gasteiger partial charge in [0.05, 0.1) is 16.5 Å². The van der Waals surface area contributed by atoms with Crippen molar-refractivity contribution in [3.63, 3.8) is 0 Å². The molecule has 0 bridgehead atoms. The lowest BCUT2D eigenvalue weighted by Gasteiger charge is -2.33. The van der Waals surface area contributed by atoms with Gasteiger partial charge in [-0.05, 0) is 47.7 Å². The highest BCUT2D eigenvalue weighted by atomic mass is 35.5. The van der Waals surface area contributed by atoms with E-state index >= 15 is 0 Å². The lowest BCUT2D eigenvalue weighted by Crippen LogP contribution is -2.53. The van der Waals surface area contributed by atoms with Crippen molar-refractivity contribution >= 4 is 46.6 Å². The van der Waals surface area contributed by atoms with Crippen LogP contribution in [0.2, 0.25) is 15.1 Å². The number of carbonyl (C=O) groups is 2. The van der Waals surface area contributed by atoms with Gasteiger partial charge in [0.1, 0.15) is 6.04 Å². The Morgan fingerprint density at radius 2 is 1.51 bits per heavy atom. The van der Waals surface area contributed by atoms with Gasteiger partial charge in [-0.25, -0.2) is 0 Å². The van der Waals surface area contributed by atoms with Crippen molar-refractivity contribution in [1.29, 1.82) is 0 Å². The van der Waals surface area contributed by atoms with Crippen LogP contribution >= 0.6 is 34.8 Å². The molecule has 0 radical (unpaired) electrons. The molecule has 0 saturated heterocycles. The summed E-state index contributed by atoms with van der Waals surface area (Å²) in [5, 5.41) is 4.62. The molecule has 7 heteroatoms. The van der Waals surface area contributed by atoms with E-state index in [-0.39, 0.29) is 30.8 Å². The lowest BCUT2D eigenvalue weighted by molar-refractivity contribution is -0.141. The van der Waals surface area contributed by atoms with Gasteiger partial charge in [0.25, 0.3) is 0 Å². The largest absolute Gasteiger partial charge is 0.352 e. The van der Waals surface area contributed by atoms with Crippen LogP contribution in [0, 0.1) is 0 Å². The van der Waals surface area contributed by atoms with Gasteiger partial charge in [0, 0.05) is 24.0 Å². The second-order valence-electron chi connectivity index (χ2n) is 9.59. The van der Waals surface area contributed by atoms with Crippen LogP contribution < -0.4 is 5.32 Å². The molecule has 37 heavy (non-hydrogen) atoms. The van der Waals surface area contributed by atoms with Gasteiger partial charge in [0.2, 0.25) is 11.8 Å². The average Bonchev–Trinajstić information content (AvgIpc) is 2.90. The maximum atomic E-state index is 13.9. The fourth-order valence-corrected chi connectivity index (χ4v) is 5.36. The number of nitrogens with one attached hydrogen (secondary N) is 1. The van der Waals surface area contributed by atoms with Crippen LogP contribution in [-0.2, 0) is 29.0 Å². The molecule has 3 aromatic carbocycles. The van der Waals surface area contributed by atoms with Crippen molar-refractivity contribution in [3.8, 4) is 0 Å². The molecule has 0 unspecified atom stereocenters. The number of rotatable bonds is 9. The van der Waals surface area contributed by atoms with Crippen molar-refractivity contribution in [2.45, 2.75) is 63.6 Å². The zero-order valence-corrected chi connectivity index (χ0v) is 22.9. The Labute approximate surface area is 233 Å². The number of halogens is 3. The maximum absolute atomic E-state index is 13.9. The van der Waals surface area contributed by atoms with Crippen molar-refractivity contribution in [2.24, 2.45) is 0 Å². The molecular formula is C30H31Cl3N2O2. The molecule has 1 saturated carbocycles. The summed E-state index contributed by atoms with van der Waals surface area (Å²) in [5.74, 6) is -0.317. The Morgan fingerprint density at radius 3 is 2.22 bits per heavy atom. The predicted octanol–water partition coefficient (Wildman–Crippen LogP) is 7.28. The van der Waals surface area contributed by atoms with Crippen LogP contribution in [0.4, 0.5) is 0 Å². The summed E-state index contributed by atoms with van der Waals surface area (Å²) in [6.07, 6.45) is 5.81. The number of carbonyl (C=O) groups excluding carboxylic acids is 2. The van der Waals surface area contributed by atoms with Crippen LogP contribution in [0.15, 0.2) is 72.8 Å². The number of nitrogens with zero attached hydrogens (tertiary/aromatic N) is 1. The van der Waals surface area contributed by atoms with Crippen LogP contribution in [0.5, 0.6) is 0 Å². The minimum Gasteiger partial charge on any atom is -0.352 e. The SMILES string of the molecule is O=C(NC1CCCCC1)[C@@H](Cc1ccccc1)N(Cc1ccc(Cl)c(Cl)c1)C(=O)Cc1ccccc1Cl. The van der Waals surface area contributed by atoms with Gasteiger partial charge >= 0.3 is 0 Å². The van der Waals surface area contributed by atoms with E-state index in [4.69, 9.17) is 34.8 Å². The van der Waals surface area contributed by atoms with Gasteiger partial charge in [0.15, 0.2) is 0 Å². The second kappa shape index (κ2) is 13.3. The molecule has 1 N–H and O–H groups in total. The van der Waals surface area contributed by atoms with E-state index < -0.39 is 6.04 Å². The molecule has 0 aromatic heterocycles. The Morgan fingerprint density at radius 1 is 0.811 bits per heavy atom. The standard InChI is InChI=1S/C30H31Cl3N2O2/c31-25-14-8-7-11-23(25)19-29(36)35(20-22-15-16-26(32)27(33)17-22)28(18-21-9-3-1-4-10-21)30(37)34-24-12-5-2-6-13-24/h1,3-4,7-11,14-17,24,28H,2,5-6,12-13,18-20H2,(H,34,37)/t28-/m1/s1. The summed E-state index contributed by atoms with van der Waals surface area (Å²) in [4.78, 5) is 29.4. The van der Waals surface area contributed by atoms with Crippen molar-refractivity contribution in [1.82, 2.24) is 10.2 Å². The summed E-state index contributed by atoms with van der Waals surface area (Å²) < 4.78 is 0. The molecule has 1 aliphatic carbocycles. The third-order valence-electron chi connectivity index (χ3n) is 6.86. The van der Waals surface area contributed by atoms with E-state index in [1.165, 1.54) is 6.42 Å². The van der Waals surface area contributed by atoms with Gasteiger partial charge < -0.3 is 10.2 Å². The monoisotopic (exact) mass is 556 g/mol. The summed E-state index contributed by atoms with van der Waals surface area (Å²) in [6, 6.07) is 21.8. The van der Waals surface area contributed by atoms with Crippen LogP contribution in [0.1, 0.15) is 48.8 Å². The molecule has 1 atom stereocenters. The Balaban J connectivity index is 1.68. The average molecular weight is 558 g/mol. The first-order chi connectivity index (χ1) is 17.9. The van der Waals surface area contributed by atoms with Gasteiger partial charge in [-0.15, -0.1) is 0 Å². The molecule has 0 spiro atoms. The highest BCUT2D eigenvalue weighted by Crippen LogP contribution is 2.26. The minimum atomic E-state index is -0.700. The first-order valence-corrected chi connectivity index (χ1v) is 13.8. The number of amides is 2. The molecule has 0 heterocycles. The van der Waals surface area contributed by atoms with E-state index in [1.807, 2.05) is 54.6 Å². The molecule has 194 valence electrons. The van der Waals surface area contributed by atoms with E-state index in [9.17, 15) is 9.59 Å². The zero-order chi connectivity index (χ0) is 26.2. The first-order valence-electron chi connectivity index (χ1n) is 12.7. The normalized spacial score (nSPS) is 14.7. The summed E-state index contributed by atoms with van der Waals surface area (Å²) in [6.45, 7) is 0.218. The molecule has 2 amide bonds. The van der Waals surface area contributed by atoms with Crippen LogP contribution in [0.3, 0.4) is 0 Å². The summed E-state index contributed by atoms with van der Waals surface area (Å²) in [5.41, 5.74) is 2.50. The molecule has 0 aliphatic heterocycles. The number of hydrogen-bond acceptors (Lipinski definition) is 2. The van der Waals surface area contributed by atoms with Gasteiger partial charge in [-0.3, -0.25) is 9.59 Å². The highest BCUT2D eigenvalue weighted by Gasteiger charge is 2.32. The van der Waals surface area contributed by atoms with E-state index in [1.54, 1.807) is 23.1 Å². The Bertz CT molecular complexity index is 1210. The smallest absolute Gasteiger partial charge is 0.243 e. The third kappa shape index (κ3) is 7.73. The van der Waals surface area contributed by atoms with E-state index in [2.05, 4.69) is 5.32 Å². The van der Waals surface area contributed by atoms with E-state index in [0.29, 0.717) is 21.5 Å². The molecular weight excluding hydrogens is 527 g/mol. The van der Waals surface area contributed by atoms with Crippen molar-refractivity contribution in [2.75, 3.05) is 0 Å². The quantitative estimate of drug-likeness (QED) is 0.301. The summed E-state index contributed by atoms with van der Waals surface area (Å²) in [7, 11) is 0. The molecule has 1 aliphatic rings. The van der Waals surface area contributed by atoms with Crippen molar-refractivity contribution in [3.05, 3.63) is 105 Å². The molecule has 4 nitrogen and oxygen atoms in total. The van der Waals surface area contributed by atoms with Crippen LogP contribution in [-0.4, -0.2) is 28.8 Å². The number of benzene rings is 3.